The van der Waals surface area contributed by atoms with Crippen molar-refractivity contribution in [2.75, 3.05) is 17.6 Å². The molecule has 198 valence electrons. The van der Waals surface area contributed by atoms with Crippen molar-refractivity contribution in [1.82, 2.24) is 0 Å². The molecule has 1 aromatic rings. The van der Waals surface area contributed by atoms with Gasteiger partial charge in [0.25, 0.3) is 0 Å². The van der Waals surface area contributed by atoms with Gasteiger partial charge in [0.2, 0.25) is 0 Å². The summed E-state index contributed by atoms with van der Waals surface area (Å²) in [6, 6.07) is 3.69. The van der Waals surface area contributed by atoms with E-state index in [0.717, 1.165) is 31.7 Å². The van der Waals surface area contributed by atoms with E-state index >= 15 is 0 Å². The Morgan fingerprint density at radius 3 is 2.34 bits per heavy atom. The Morgan fingerprint density at radius 2 is 1.80 bits per heavy atom. The van der Waals surface area contributed by atoms with E-state index in [1.807, 2.05) is 0 Å². The van der Waals surface area contributed by atoms with Gasteiger partial charge in [-0.05, 0) is 64.2 Å². The molecule has 1 saturated carbocycles. The molecule has 0 saturated heterocycles. The van der Waals surface area contributed by atoms with Gasteiger partial charge in [0.15, 0.2) is 6.73 Å². The van der Waals surface area contributed by atoms with E-state index in [2.05, 4.69) is 5.16 Å². The van der Waals surface area contributed by atoms with Crippen LogP contribution in [-0.4, -0.2) is 38.9 Å². The predicted molar refractivity (Wildman–Crippen MR) is 129 cm³/mol. The Kier molecular flexibility index (Phi) is 9.87. The summed E-state index contributed by atoms with van der Waals surface area (Å²) in [5.74, 6) is -0.529. The topological polar surface area (TPSA) is 85.3 Å². The molecule has 35 heavy (non-hydrogen) atoms. The van der Waals surface area contributed by atoms with E-state index in [9.17, 15) is 26.4 Å². The van der Waals surface area contributed by atoms with Crippen LogP contribution in [0.4, 0.5) is 18.9 Å². The number of esters is 1. The van der Waals surface area contributed by atoms with Crippen molar-refractivity contribution < 1.29 is 36.0 Å². The van der Waals surface area contributed by atoms with Gasteiger partial charge in [0.05, 0.1) is 16.8 Å². The first-order valence-electron chi connectivity index (χ1n) is 11.4. The summed E-state index contributed by atoms with van der Waals surface area (Å²) in [5, 5.41) is 4.28. The van der Waals surface area contributed by atoms with Crippen molar-refractivity contribution in [2.24, 2.45) is 16.5 Å². The molecule has 1 aliphatic carbocycles. The van der Waals surface area contributed by atoms with Crippen molar-refractivity contribution in [3.05, 3.63) is 28.8 Å². The molecule has 1 aromatic carbocycles. The van der Waals surface area contributed by atoms with Gasteiger partial charge in [-0.1, -0.05) is 42.9 Å². The molecule has 0 unspecified atom stereocenters. The number of nitrogens with zero attached hydrogens (tertiary/aromatic N) is 2. The fourth-order valence-corrected chi connectivity index (χ4v) is 4.59. The average molecular weight is 541 g/mol. The molecular formula is C23H32ClF3N2O5S. The molecule has 7 nitrogen and oxygen atoms in total. The molecular weight excluding hydrogens is 509 g/mol. The Balaban J connectivity index is 2.47. The Bertz CT molecular complexity index is 1020. The SMILES string of the molecule is CC/C(=N\OCC1CCCCC1)c1cc(Cl)ccc1N(COC(=O)C(C)(C)C)S(=O)(=O)C(F)(F)F. The zero-order valence-corrected chi connectivity index (χ0v) is 21.9. The molecule has 0 bridgehead atoms. The van der Waals surface area contributed by atoms with Crippen LogP contribution in [0.15, 0.2) is 23.4 Å². The number of rotatable bonds is 9. The lowest BCUT2D eigenvalue weighted by Gasteiger charge is -2.28. The number of carbonyl (C=O) groups is 1. The maximum Gasteiger partial charge on any atom is 0.516 e. The number of oxime groups is 1. The number of halogens is 4. The number of ether oxygens (including phenoxy) is 1. The second-order valence-corrected chi connectivity index (χ2v) is 11.8. The van der Waals surface area contributed by atoms with Gasteiger partial charge in [-0.15, -0.1) is 0 Å². The smallest absolute Gasteiger partial charge is 0.443 e. The van der Waals surface area contributed by atoms with E-state index in [1.54, 1.807) is 6.92 Å². The van der Waals surface area contributed by atoms with Crippen molar-refractivity contribution in [2.45, 2.75) is 71.7 Å². The fourth-order valence-electron chi connectivity index (χ4n) is 3.56. The molecule has 0 atom stereocenters. The summed E-state index contributed by atoms with van der Waals surface area (Å²) in [5.41, 5.74) is -6.83. The maximum absolute atomic E-state index is 13.6. The molecule has 12 heteroatoms. The van der Waals surface area contributed by atoms with Crippen molar-refractivity contribution in [1.29, 1.82) is 0 Å². The molecule has 0 aliphatic heterocycles. The largest absolute Gasteiger partial charge is 0.516 e. The molecule has 0 radical (unpaired) electrons. The molecule has 1 aliphatic rings. The lowest BCUT2D eigenvalue weighted by Crippen LogP contribution is -2.44. The Morgan fingerprint density at radius 1 is 1.17 bits per heavy atom. The van der Waals surface area contributed by atoms with E-state index in [-0.39, 0.29) is 32.7 Å². The summed E-state index contributed by atoms with van der Waals surface area (Å²) < 4.78 is 70.7. The zero-order valence-electron chi connectivity index (χ0n) is 20.3. The highest BCUT2D eigenvalue weighted by Crippen LogP contribution is 2.35. The average Bonchev–Trinajstić information content (AvgIpc) is 2.76. The van der Waals surface area contributed by atoms with Gasteiger partial charge in [-0.25, -0.2) is 4.31 Å². The summed E-state index contributed by atoms with van der Waals surface area (Å²) >= 11 is 6.10. The van der Waals surface area contributed by atoms with E-state index < -0.39 is 33.6 Å². The zero-order chi connectivity index (χ0) is 26.4. The first-order chi connectivity index (χ1) is 16.2. The summed E-state index contributed by atoms with van der Waals surface area (Å²) in [7, 11) is -5.93. The van der Waals surface area contributed by atoms with Gasteiger partial charge in [-0.2, -0.15) is 21.6 Å². The van der Waals surface area contributed by atoms with Gasteiger partial charge in [-0.3, -0.25) is 4.79 Å². The van der Waals surface area contributed by atoms with Gasteiger partial charge >= 0.3 is 21.5 Å². The number of carbonyl (C=O) groups excluding carboxylic acids is 1. The van der Waals surface area contributed by atoms with Crippen LogP contribution in [0.2, 0.25) is 5.02 Å². The predicted octanol–water partition coefficient (Wildman–Crippen LogP) is 6.25. The molecule has 2 rings (SSSR count). The first-order valence-corrected chi connectivity index (χ1v) is 13.2. The van der Waals surface area contributed by atoms with E-state index in [4.69, 9.17) is 21.2 Å². The molecule has 0 aromatic heterocycles. The highest BCUT2D eigenvalue weighted by molar-refractivity contribution is 7.93. The normalized spacial score (nSPS) is 16.2. The fraction of sp³-hybridized carbons (Fsp3) is 0.652. The van der Waals surface area contributed by atoms with Crippen molar-refractivity contribution >= 4 is 39.0 Å². The number of benzene rings is 1. The quantitative estimate of drug-likeness (QED) is 0.160. The minimum atomic E-state index is -5.93. The Hall–Kier alpha value is -2.01. The van der Waals surface area contributed by atoms with Crippen molar-refractivity contribution in [3.8, 4) is 0 Å². The third-order valence-corrected chi connectivity index (χ3v) is 7.29. The van der Waals surface area contributed by atoms with Crippen LogP contribution in [0.25, 0.3) is 0 Å². The van der Waals surface area contributed by atoms with Crippen LogP contribution < -0.4 is 4.31 Å². The third kappa shape index (κ3) is 7.73. The summed E-state index contributed by atoms with van der Waals surface area (Å²) in [6.45, 7) is 5.38. The van der Waals surface area contributed by atoms with Gasteiger partial charge in [0, 0.05) is 10.6 Å². The highest BCUT2D eigenvalue weighted by Gasteiger charge is 2.51. The van der Waals surface area contributed by atoms with Crippen LogP contribution in [0, 0.1) is 11.3 Å². The van der Waals surface area contributed by atoms with Crippen molar-refractivity contribution in [3.63, 3.8) is 0 Å². The highest BCUT2D eigenvalue weighted by atomic mass is 35.5. The maximum atomic E-state index is 13.6. The molecule has 0 heterocycles. The van der Waals surface area contributed by atoms with Crippen LogP contribution >= 0.6 is 11.6 Å². The van der Waals surface area contributed by atoms with E-state index in [0.29, 0.717) is 12.5 Å². The molecule has 0 spiro atoms. The lowest BCUT2D eigenvalue weighted by atomic mass is 9.90. The number of hydrogen-bond acceptors (Lipinski definition) is 6. The number of sulfonamides is 1. The Labute approximate surface area is 209 Å². The molecule has 0 amide bonds. The third-order valence-electron chi connectivity index (χ3n) is 5.59. The minimum absolute atomic E-state index is 0.00855. The number of hydrogen-bond donors (Lipinski definition) is 0. The second-order valence-electron chi connectivity index (χ2n) is 9.46. The molecule has 1 fully saturated rings. The number of anilines is 1. The first kappa shape index (κ1) is 29.2. The minimum Gasteiger partial charge on any atom is -0.443 e. The van der Waals surface area contributed by atoms with Gasteiger partial charge < -0.3 is 9.57 Å². The monoisotopic (exact) mass is 540 g/mol. The van der Waals surface area contributed by atoms with Crippen LogP contribution in [0.5, 0.6) is 0 Å². The second kappa shape index (κ2) is 11.8. The van der Waals surface area contributed by atoms with Crippen LogP contribution in [0.1, 0.15) is 71.8 Å². The van der Waals surface area contributed by atoms with Crippen LogP contribution in [-0.2, 0) is 24.4 Å². The number of alkyl halides is 3. The summed E-state index contributed by atoms with van der Waals surface area (Å²) in [4.78, 5) is 17.7. The summed E-state index contributed by atoms with van der Waals surface area (Å²) in [6.07, 6.45) is 5.63. The lowest BCUT2D eigenvalue weighted by molar-refractivity contribution is -0.152. The van der Waals surface area contributed by atoms with Gasteiger partial charge in [0.1, 0.15) is 6.61 Å². The standard InChI is InChI=1S/C23H32ClF3N2O5S/c1-5-19(28-34-14-16-9-7-6-8-10-16)18-13-17(24)11-12-20(18)29(35(31,32)23(25,26)27)15-33-21(30)22(2,3)4/h11-13,16H,5-10,14-15H2,1-4H3/b28-19+. The molecule has 0 N–H and O–H groups in total. The van der Waals surface area contributed by atoms with E-state index in [1.165, 1.54) is 39.3 Å². The van der Waals surface area contributed by atoms with Crippen LogP contribution in [0.3, 0.4) is 0 Å².